The van der Waals surface area contributed by atoms with Gasteiger partial charge in [-0.2, -0.15) is 0 Å². The summed E-state index contributed by atoms with van der Waals surface area (Å²) >= 11 is 5.66. The van der Waals surface area contributed by atoms with Crippen LogP contribution in [0.1, 0.15) is 17.3 Å². The summed E-state index contributed by atoms with van der Waals surface area (Å²) in [6, 6.07) is 1.82. The molecule has 0 saturated carbocycles. The molecule has 0 radical (unpaired) electrons. The summed E-state index contributed by atoms with van der Waals surface area (Å²) in [5.74, 6) is -1.48. The average Bonchev–Trinajstić information content (AvgIpc) is 2.39. The first kappa shape index (κ1) is 18.3. The molecule has 1 N–H and O–H groups in total. The van der Waals surface area contributed by atoms with Crippen LogP contribution in [0.2, 0.25) is 5.02 Å². The summed E-state index contributed by atoms with van der Waals surface area (Å²) in [6.45, 7) is 1.79. The molecule has 0 aliphatic rings. The highest BCUT2D eigenvalue weighted by Crippen LogP contribution is 2.26. The van der Waals surface area contributed by atoms with Crippen molar-refractivity contribution in [2.24, 2.45) is 0 Å². The molecule has 21 heavy (non-hydrogen) atoms. The number of hydrogen-bond acceptors (Lipinski definition) is 4. The molecule has 0 aliphatic heterocycles. The van der Waals surface area contributed by atoms with Crippen molar-refractivity contribution in [3.63, 3.8) is 0 Å². The molecule has 118 valence electrons. The molecular formula is C11H12Cl2FNO4S2. The highest BCUT2D eigenvalue weighted by molar-refractivity contribution is 8.13. The lowest BCUT2D eigenvalue weighted by atomic mass is 10.2. The SMILES string of the molecule is CCS(=O)CCNC(=O)c1cc(Cl)cc(S(=O)(=O)Cl)c1F. The minimum Gasteiger partial charge on any atom is -0.351 e. The van der Waals surface area contributed by atoms with Gasteiger partial charge in [0.15, 0.2) is 5.82 Å². The molecule has 5 nitrogen and oxygen atoms in total. The first-order valence-electron chi connectivity index (χ1n) is 5.73. The largest absolute Gasteiger partial charge is 0.351 e. The van der Waals surface area contributed by atoms with Crippen LogP contribution < -0.4 is 5.32 Å². The predicted octanol–water partition coefficient (Wildman–Crippen LogP) is 1.90. The van der Waals surface area contributed by atoms with Crippen LogP contribution in [0.15, 0.2) is 17.0 Å². The summed E-state index contributed by atoms with van der Waals surface area (Å²) in [5, 5.41) is 2.20. The number of nitrogens with one attached hydrogen (secondary N) is 1. The number of hydrogen-bond donors (Lipinski definition) is 1. The highest BCUT2D eigenvalue weighted by Gasteiger charge is 2.23. The van der Waals surface area contributed by atoms with E-state index in [1.54, 1.807) is 6.92 Å². The van der Waals surface area contributed by atoms with Crippen LogP contribution in [-0.4, -0.2) is 36.6 Å². The molecule has 1 atom stereocenters. The van der Waals surface area contributed by atoms with E-state index < -0.39 is 42.0 Å². The summed E-state index contributed by atoms with van der Waals surface area (Å²) < 4.78 is 47.6. The van der Waals surface area contributed by atoms with Crippen LogP contribution in [-0.2, 0) is 19.9 Å². The zero-order chi connectivity index (χ0) is 16.2. The van der Waals surface area contributed by atoms with Crippen molar-refractivity contribution >= 4 is 48.0 Å². The second kappa shape index (κ2) is 7.53. The fourth-order valence-corrected chi connectivity index (χ4v) is 3.25. The minimum atomic E-state index is -4.37. The van der Waals surface area contributed by atoms with E-state index in [0.717, 1.165) is 12.1 Å². The molecule has 0 spiro atoms. The summed E-state index contributed by atoms with van der Waals surface area (Å²) in [6.07, 6.45) is 0. The summed E-state index contributed by atoms with van der Waals surface area (Å²) in [4.78, 5) is 11.0. The molecule has 10 heteroatoms. The molecule has 0 aromatic heterocycles. The van der Waals surface area contributed by atoms with E-state index in [-0.39, 0.29) is 17.3 Å². The maximum absolute atomic E-state index is 14.0. The quantitative estimate of drug-likeness (QED) is 0.770. The number of amides is 1. The Morgan fingerprint density at radius 3 is 2.57 bits per heavy atom. The Morgan fingerprint density at radius 2 is 2.05 bits per heavy atom. The third kappa shape index (κ3) is 5.21. The van der Waals surface area contributed by atoms with Crippen molar-refractivity contribution in [1.82, 2.24) is 5.32 Å². The third-order valence-electron chi connectivity index (χ3n) is 2.45. The highest BCUT2D eigenvalue weighted by atomic mass is 35.7. The van der Waals surface area contributed by atoms with Gasteiger partial charge in [0.1, 0.15) is 4.90 Å². The topological polar surface area (TPSA) is 80.3 Å². The Bertz CT molecular complexity index is 679. The third-order valence-corrected chi connectivity index (χ3v) is 5.29. The van der Waals surface area contributed by atoms with Crippen LogP contribution in [0.5, 0.6) is 0 Å². The lowest BCUT2D eigenvalue weighted by molar-refractivity contribution is 0.0951. The predicted molar refractivity (Wildman–Crippen MR) is 80.3 cm³/mol. The van der Waals surface area contributed by atoms with Crippen molar-refractivity contribution < 1.29 is 21.8 Å². The van der Waals surface area contributed by atoms with Crippen molar-refractivity contribution in [2.45, 2.75) is 11.8 Å². The molecule has 1 amide bonds. The molecule has 0 aliphatic carbocycles. The number of benzene rings is 1. The van der Waals surface area contributed by atoms with Gasteiger partial charge < -0.3 is 5.32 Å². The Labute approximate surface area is 133 Å². The molecule has 1 unspecified atom stereocenters. The number of halogens is 3. The molecule has 0 fully saturated rings. The van der Waals surface area contributed by atoms with Gasteiger partial charge >= 0.3 is 0 Å². The second-order valence-corrected chi connectivity index (χ2v) is 8.73. The van der Waals surface area contributed by atoms with Gasteiger partial charge in [0.2, 0.25) is 0 Å². The van der Waals surface area contributed by atoms with Crippen molar-refractivity contribution in [3.05, 3.63) is 28.5 Å². The summed E-state index contributed by atoms with van der Waals surface area (Å²) in [5.41, 5.74) is -0.538. The van der Waals surface area contributed by atoms with Crippen LogP contribution in [0.4, 0.5) is 4.39 Å². The number of carbonyl (C=O) groups is 1. The molecule has 1 rings (SSSR count). The molecule has 0 saturated heterocycles. The van der Waals surface area contributed by atoms with Crippen LogP contribution in [0.3, 0.4) is 0 Å². The van der Waals surface area contributed by atoms with Crippen LogP contribution >= 0.6 is 22.3 Å². The lowest BCUT2D eigenvalue weighted by Gasteiger charge is -2.08. The van der Waals surface area contributed by atoms with Crippen molar-refractivity contribution in [3.8, 4) is 0 Å². The van der Waals surface area contributed by atoms with E-state index in [4.69, 9.17) is 22.3 Å². The first-order valence-corrected chi connectivity index (χ1v) is 9.91. The van der Waals surface area contributed by atoms with E-state index in [9.17, 15) is 21.8 Å². The van der Waals surface area contributed by atoms with Crippen LogP contribution in [0, 0.1) is 5.82 Å². The van der Waals surface area contributed by atoms with Gasteiger partial charge in [0.25, 0.3) is 15.0 Å². The molecular weight excluding hydrogens is 364 g/mol. The fraction of sp³-hybridized carbons (Fsp3) is 0.364. The van der Waals surface area contributed by atoms with E-state index in [2.05, 4.69) is 5.32 Å². The van der Waals surface area contributed by atoms with Crippen molar-refractivity contribution in [2.75, 3.05) is 18.1 Å². The van der Waals surface area contributed by atoms with E-state index in [1.165, 1.54) is 0 Å². The van der Waals surface area contributed by atoms with E-state index in [0.29, 0.717) is 5.75 Å². The van der Waals surface area contributed by atoms with E-state index in [1.807, 2.05) is 0 Å². The van der Waals surface area contributed by atoms with Crippen LogP contribution in [0.25, 0.3) is 0 Å². The fourth-order valence-electron chi connectivity index (χ4n) is 1.42. The van der Waals surface area contributed by atoms with E-state index >= 15 is 0 Å². The number of rotatable bonds is 6. The Hall–Kier alpha value is -0.700. The average molecular weight is 376 g/mol. The Kier molecular flexibility index (Phi) is 6.58. The summed E-state index contributed by atoms with van der Waals surface area (Å²) in [7, 11) is -0.366. The normalized spacial score (nSPS) is 13.0. The first-order chi connectivity index (χ1) is 9.66. The maximum atomic E-state index is 14.0. The van der Waals surface area contributed by atoms with Gasteiger partial charge in [0, 0.05) is 44.6 Å². The standard InChI is InChI=1S/C11H12Cl2FNO4S2/c1-2-20(17)4-3-15-11(16)8-5-7(12)6-9(10(8)14)21(13,18)19/h5-6H,2-4H2,1H3,(H,15,16). The second-order valence-electron chi connectivity index (χ2n) is 3.89. The van der Waals surface area contributed by atoms with Gasteiger partial charge in [0.05, 0.1) is 5.56 Å². The van der Waals surface area contributed by atoms with Gasteiger partial charge in [-0.15, -0.1) is 0 Å². The molecule has 1 aromatic carbocycles. The van der Waals surface area contributed by atoms with Crippen molar-refractivity contribution in [1.29, 1.82) is 0 Å². The van der Waals surface area contributed by atoms with Gasteiger partial charge in [-0.3, -0.25) is 9.00 Å². The molecule has 1 aromatic rings. The molecule has 0 bridgehead atoms. The van der Waals surface area contributed by atoms with Gasteiger partial charge in [-0.25, -0.2) is 12.8 Å². The zero-order valence-electron chi connectivity index (χ0n) is 10.9. The molecule has 0 heterocycles. The van der Waals surface area contributed by atoms with Gasteiger partial charge in [-0.1, -0.05) is 18.5 Å². The van der Waals surface area contributed by atoms with Gasteiger partial charge in [-0.05, 0) is 12.1 Å². The minimum absolute atomic E-state index is 0.0637. The maximum Gasteiger partial charge on any atom is 0.264 e. The monoisotopic (exact) mass is 375 g/mol. The Balaban J connectivity index is 3.00. The zero-order valence-corrected chi connectivity index (χ0v) is 14.0. The lowest BCUT2D eigenvalue weighted by Crippen LogP contribution is -2.29. The Morgan fingerprint density at radius 1 is 1.43 bits per heavy atom. The number of carbonyl (C=O) groups excluding carboxylic acids is 1. The smallest absolute Gasteiger partial charge is 0.264 e.